The van der Waals surface area contributed by atoms with Crippen LogP contribution in [0.4, 0.5) is 0 Å². The summed E-state index contributed by atoms with van der Waals surface area (Å²) in [5.41, 5.74) is 1.73. The minimum atomic E-state index is -0.116. The number of ether oxygens (including phenoxy) is 2. The number of rotatable bonds is 8. The summed E-state index contributed by atoms with van der Waals surface area (Å²) in [6.07, 6.45) is 7.72. The lowest BCUT2D eigenvalue weighted by Crippen LogP contribution is -2.23. The molecule has 0 aliphatic rings. The van der Waals surface area contributed by atoms with Gasteiger partial charge in [0.1, 0.15) is 0 Å². The molecule has 2 aromatic rings. The average molecular weight is 378 g/mol. The molecule has 26 heavy (non-hydrogen) atoms. The second-order valence-electron chi connectivity index (χ2n) is 5.93. The zero-order valence-electron chi connectivity index (χ0n) is 15.5. The third-order valence-corrected chi connectivity index (χ3v) is 3.96. The Morgan fingerprint density at radius 1 is 1.42 bits per heavy atom. The number of benzene rings is 1. The molecule has 6 nitrogen and oxygen atoms in total. The van der Waals surface area contributed by atoms with Crippen LogP contribution in [0.15, 0.2) is 30.6 Å². The van der Waals surface area contributed by atoms with Crippen molar-refractivity contribution in [2.75, 3.05) is 20.8 Å². The molecule has 0 saturated carbocycles. The Morgan fingerprint density at radius 2 is 2.19 bits per heavy atom. The maximum absolute atomic E-state index is 12.3. The van der Waals surface area contributed by atoms with Gasteiger partial charge in [-0.25, -0.2) is 0 Å². The molecule has 0 radical (unpaired) electrons. The first-order chi connectivity index (χ1) is 12.4. The van der Waals surface area contributed by atoms with Crippen molar-refractivity contribution in [2.45, 2.75) is 19.9 Å². The zero-order valence-corrected chi connectivity index (χ0v) is 16.3. The molecule has 1 amide bonds. The lowest BCUT2D eigenvalue weighted by Gasteiger charge is -2.14. The van der Waals surface area contributed by atoms with Gasteiger partial charge in [0.05, 0.1) is 24.9 Å². The first-order valence-electron chi connectivity index (χ1n) is 8.35. The van der Waals surface area contributed by atoms with E-state index in [0.717, 1.165) is 17.5 Å². The van der Waals surface area contributed by atoms with Gasteiger partial charge in [-0.05, 0) is 30.2 Å². The summed E-state index contributed by atoms with van der Waals surface area (Å²) in [6.45, 7) is 3.07. The van der Waals surface area contributed by atoms with Gasteiger partial charge in [-0.2, -0.15) is 5.10 Å². The zero-order chi connectivity index (χ0) is 19.1. The largest absolute Gasteiger partial charge is 0.493 e. The van der Waals surface area contributed by atoms with Crippen molar-refractivity contribution in [3.05, 3.63) is 46.8 Å². The van der Waals surface area contributed by atoms with Crippen molar-refractivity contribution in [3.8, 4) is 11.5 Å². The van der Waals surface area contributed by atoms with E-state index in [1.54, 1.807) is 48.1 Å². The van der Waals surface area contributed by atoms with E-state index in [-0.39, 0.29) is 5.91 Å². The molecule has 0 spiro atoms. The second-order valence-corrected chi connectivity index (χ2v) is 6.34. The van der Waals surface area contributed by atoms with E-state index in [4.69, 9.17) is 21.1 Å². The van der Waals surface area contributed by atoms with Crippen LogP contribution in [0.5, 0.6) is 11.5 Å². The Morgan fingerprint density at radius 3 is 2.81 bits per heavy atom. The number of nitrogens with zero attached hydrogens (tertiary/aromatic N) is 3. The van der Waals surface area contributed by atoms with Gasteiger partial charge in [0, 0.05) is 38.5 Å². The van der Waals surface area contributed by atoms with Crippen LogP contribution in [-0.2, 0) is 18.4 Å². The Kier molecular flexibility index (Phi) is 7.09. The van der Waals surface area contributed by atoms with Crippen LogP contribution in [-0.4, -0.2) is 41.4 Å². The first kappa shape index (κ1) is 19.8. The normalized spacial score (nSPS) is 11.0. The highest BCUT2D eigenvalue weighted by Crippen LogP contribution is 2.36. The molecule has 1 aromatic heterocycles. The van der Waals surface area contributed by atoms with E-state index in [1.807, 2.05) is 20.2 Å². The molecule has 0 aliphatic heterocycles. The standard InChI is InChI=1S/C19H24ClN3O3/c1-5-8-26-19-16(20)9-14(10-17(19)25-4)6-7-18(24)22(2)12-15-11-21-23(3)13-15/h6-7,9-11,13H,5,8,12H2,1-4H3/b7-6+. The fourth-order valence-electron chi connectivity index (χ4n) is 2.38. The van der Waals surface area contributed by atoms with Crippen LogP contribution in [0.25, 0.3) is 6.08 Å². The van der Waals surface area contributed by atoms with Gasteiger partial charge in [0.2, 0.25) is 5.91 Å². The van der Waals surface area contributed by atoms with Crippen LogP contribution in [0, 0.1) is 0 Å². The first-order valence-corrected chi connectivity index (χ1v) is 8.73. The van der Waals surface area contributed by atoms with Crippen molar-refractivity contribution in [1.29, 1.82) is 0 Å². The number of carbonyl (C=O) groups is 1. The Labute approximate surface area is 159 Å². The minimum absolute atomic E-state index is 0.116. The van der Waals surface area contributed by atoms with E-state index < -0.39 is 0 Å². The van der Waals surface area contributed by atoms with Crippen molar-refractivity contribution < 1.29 is 14.3 Å². The number of methoxy groups -OCH3 is 1. The number of amides is 1. The predicted octanol–water partition coefficient (Wildman–Crippen LogP) is 3.54. The topological polar surface area (TPSA) is 56.6 Å². The molecule has 0 N–H and O–H groups in total. The molecule has 1 aromatic carbocycles. The molecular formula is C19H24ClN3O3. The number of carbonyl (C=O) groups excluding carboxylic acids is 1. The van der Waals surface area contributed by atoms with Gasteiger partial charge in [-0.1, -0.05) is 18.5 Å². The van der Waals surface area contributed by atoms with Crippen molar-refractivity contribution in [3.63, 3.8) is 0 Å². The van der Waals surface area contributed by atoms with E-state index in [1.165, 1.54) is 6.08 Å². The summed E-state index contributed by atoms with van der Waals surface area (Å²) in [5, 5.41) is 4.55. The average Bonchev–Trinajstić information content (AvgIpc) is 3.02. The number of likely N-dealkylation sites (N-methyl/N-ethyl adjacent to an activating group) is 1. The van der Waals surface area contributed by atoms with Crippen LogP contribution >= 0.6 is 11.6 Å². The Bertz CT molecular complexity index is 786. The highest BCUT2D eigenvalue weighted by Gasteiger charge is 2.12. The number of halogens is 1. The third kappa shape index (κ3) is 5.26. The van der Waals surface area contributed by atoms with Gasteiger partial charge in [0.25, 0.3) is 0 Å². The Balaban J connectivity index is 2.08. The molecule has 0 unspecified atom stereocenters. The van der Waals surface area contributed by atoms with Gasteiger partial charge in [-0.3, -0.25) is 9.48 Å². The molecule has 0 bridgehead atoms. The lowest BCUT2D eigenvalue weighted by atomic mass is 10.1. The summed E-state index contributed by atoms with van der Waals surface area (Å²) in [5.74, 6) is 0.949. The lowest BCUT2D eigenvalue weighted by molar-refractivity contribution is -0.125. The summed E-state index contributed by atoms with van der Waals surface area (Å²) < 4.78 is 12.7. The summed E-state index contributed by atoms with van der Waals surface area (Å²) in [6, 6.07) is 3.54. The van der Waals surface area contributed by atoms with E-state index >= 15 is 0 Å². The SMILES string of the molecule is CCCOc1c(Cl)cc(/C=C/C(=O)N(C)Cc2cnn(C)c2)cc1OC. The number of hydrogen-bond acceptors (Lipinski definition) is 4. The number of aryl methyl sites for hydroxylation is 1. The minimum Gasteiger partial charge on any atom is -0.493 e. The van der Waals surface area contributed by atoms with Crippen LogP contribution in [0.3, 0.4) is 0 Å². The molecule has 2 rings (SSSR count). The van der Waals surface area contributed by atoms with Gasteiger partial charge >= 0.3 is 0 Å². The fraction of sp³-hybridized carbons (Fsp3) is 0.368. The van der Waals surface area contributed by atoms with Gasteiger partial charge < -0.3 is 14.4 Å². The van der Waals surface area contributed by atoms with Crippen LogP contribution < -0.4 is 9.47 Å². The maximum Gasteiger partial charge on any atom is 0.246 e. The van der Waals surface area contributed by atoms with Gasteiger partial charge in [-0.15, -0.1) is 0 Å². The summed E-state index contributed by atoms with van der Waals surface area (Å²) in [7, 11) is 5.15. The summed E-state index contributed by atoms with van der Waals surface area (Å²) in [4.78, 5) is 13.9. The molecule has 0 aliphatic carbocycles. The molecule has 0 saturated heterocycles. The quantitative estimate of drug-likeness (QED) is 0.660. The van der Waals surface area contributed by atoms with Crippen molar-refractivity contribution in [2.24, 2.45) is 7.05 Å². The van der Waals surface area contributed by atoms with E-state index in [9.17, 15) is 4.79 Å². The Hall–Kier alpha value is -2.47. The molecule has 140 valence electrons. The highest BCUT2D eigenvalue weighted by molar-refractivity contribution is 6.32. The van der Waals surface area contributed by atoms with Crippen molar-refractivity contribution >= 4 is 23.6 Å². The molecule has 0 atom stereocenters. The molecule has 1 heterocycles. The maximum atomic E-state index is 12.3. The smallest absolute Gasteiger partial charge is 0.246 e. The van der Waals surface area contributed by atoms with Crippen molar-refractivity contribution in [1.82, 2.24) is 14.7 Å². The fourth-order valence-corrected chi connectivity index (χ4v) is 2.65. The third-order valence-electron chi connectivity index (χ3n) is 3.67. The second kappa shape index (κ2) is 9.29. The van der Waals surface area contributed by atoms with Gasteiger partial charge in [0.15, 0.2) is 11.5 Å². The van der Waals surface area contributed by atoms with Crippen LogP contribution in [0.1, 0.15) is 24.5 Å². The molecule has 7 heteroatoms. The molecular weight excluding hydrogens is 354 g/mol. The van der Waals surface area contributed by atoms with E-state index in [0.29, 0.717) is 29.7 Å². The predicted molar refractivity (Wildman–Crippen MR) is 103 cm³/mol. The monoisotopic (exact) mass is 377 g/mol. The highest BCUT2D eigenvalue weighted by atomic mass is 35.5. The number of hydrogen-bond donors (Lipinski definition) is 0. The molecule has 0 fully saturated rings. The summed E-state index contributed by atoms with van der Waals surface area (Å²) >= 11 is 6.29. The number of aromatic nitrogens is 2. The van der Waals surface area contributed by atoms with Crippen LogP contribution in [0.2, 0.25) is 5.02 Å². The van der Waals surface area contributed by atoms with E-state index in [2.05, 4.69) is 5.10 Å².